The number of benzene rings is 1. The molecule has 29 heavy (non-hydrogen) atoms. The number of anilines is 4. The lowest BCUT2D eigenvalue weighted by atomic mass is 10.1. The molecule has 2 aliphatic rings. The van der Waals surface area contributed by atoms with Crippen molar-refractivity contribution in [2.45, 2.75) is 44.7 Å². The van der Waals surface area contributed by atoms with Crippen LogP contribution in [-0.4, -0.2) is 43.1 Å². The van der Waals surface area contributed by atoms with E-state index in [1.54, 1.807) is 17.0 Å². The van der Waals surface area contributed by atoms with Crippen molar-refractivity contribution in [1.82, 2.24) is 4.98 Å². The van der Waals surface area contributed by atoms with Crippen LogP contribution in [0.2, 0.25) is 0 Å². The molecule has 0 spiro atoms. The summed E-state index contributed by atoms with van der Waals surface area (Å²) in [6.07, 6.45) is 4.57. The summed E-state index contributed by atoms with van der Waals surface area (Å²) in [5.74, 6) is 1.29. The molecule has 2 heterocycles. The molecule has 1 amide bonds. The summed E-state index contributed by atoms with van der Waals surface area (Å²) in [6, 6.07) is 11.0. The lowest BCUT2D eigenvalue weighted by molar-refractivity contribution is -0.119. The number of rotatable bonds is 4. The number of likely N-dealkylation sites (N-methyl/N-ethyl adjacent to an activating group) is 1. The van der Waals surface area contributed by atoms with E-state index in [0.717, 1.165) is 30.0 Å². The van der Waals surface area contributed by atoms with Crippen LogP contribution in [0.4, 0.5) is 23.0 Å². The molecule has 1 atom stereocenters. The van der Waals surface area contributed by atoms with Crippen molar-refractivity contribution in [2.24, 2.45) is 0 Å². The molecule has 1 aromatic carbocycles. The van der Waals surface area contributed by atoms with Gasteiger partial charge in [-0.15, -0.1) is 0 Å². The maximum Gasteiger partial charge on any atom is 0.337 e. The van der Waals surface area contributed by atoms with Crippen LogP contribution in [0.15, 0.2) is 36.4 Å². The van der Waals surface area contributed by atoms with Crippen LogP contribution in [0.1, 0.15) is 43.0 Å². The first kappa shape index (κ1) is 19.2. The Morgan fingerprint density at radius 3 is 2.48 bits per heavy atom. The van der Waals surface area contributed by atoms with Crippen LogP contribution in [-0.2, 0) is 9.53 Å². The van der Waals surface area contributed by atoms with Crippen LogP contribution in [0.25, 0.3) is 0 Å². The van der Waals surface area contributed by atoms with Gasteiger partial charge in [-0.25, -0.2) is 9.78 Å². The van der Waals surface area contributed by atoms with Gasteiger partial charge in [0.1, 0.15) is 11.9 Å². The van der Waals surface area contributed by atoms with Crippen molar-refractivity contribution >= 4 is 34.9 Å². The zero-order valence-electron chi connectivity index (χ0n) is 17.0. The normalized spacial score (nSPS) is 19.3. The van der Waals surface area contributed by atoms with Gasteiger partial charge in [0.05, 0.1) is 18.4 Å². The molecule has 0 unspecified atom stereocenters. The lowest BCUT2D eigenvalue weighted by Gasteiger charge is -2.42. The van der Waals surface area contributed by atoms with E-state index in [-0.39, 0.29) is 17.9 Å². The number of carbonyl (C=O) groups excluding carboxylic acids is 2. The highest BCUT2D eigenvalue weighted by atomic mass is 16.5. The number of amides is 1. The van der Waals surface area contributed by atoms with Gasteiger partial charge >= 0.3 is 5.97 Å². The molecule has 7 nitrogen and oxygen atoms in total. The third-order valence-corrected chi connectivity index (χ3v) is 5.86. The Balaban J connectivity index is 1.64. The number of pyridine rings is 1. The zero-order chi connectivity index (χ0) is 20.5. The van der Waals surface area contributed by atoms with Crippen molar-refractivity contribution in [1.29, 1.82) is 0 Å². The first-order valence-corrected chi connectivity index (χ1v) is 10.0. The quantitative estimate of drug-likeness (QED) is 0.797. The number of esters is 1. The molecular formula is C22H26N4O3. The smallest absolute Gasteiger partial charge is 0.337 e. The second-order valence-corrected chi connectivity index (χ2v) is 7.65. The highest BCUT2D eigenvalue weighted by Gasteiger charge is 2.39. The molecule has 1 fully saturated rings. The van der Waals surface area contributed by atoms with Crippen LogP contribution in [0.3, 0.4) is 0 Å². The lowest BCUT2D eigenvalue weighted by Crippen LogP contribution is -2.54. The molecule has 2 aromatic rings. The van der Waals surface area contributed by atoms with Crippen molar-refractivity contribution < 1.29 is 14.3 Å². The Morgan fingerprint density at radius 2 is 1.83 bits per heavy atom. The molecule has 4 rings (SSSR count). The Hall–Kier alpha value is -3.09. The number of carbonyl (C=O) groups is 2. The van der Waals surface area contributed by atoms with E-state index in [2.05, 4.69) is 10.2 Å². The van der Waals surface area contributed by atoms with E-state index in [4.69, 9.17) is 9.72 Å². The molecule has 0 radical (unpaired) electrons. The Labute approximate surface area is 170 Å². The van der Waals surface area contributed by atoms with Gasteiger partial charge < -0.3 is 19.9 Å². The third kappa shape index (κ3) is 3.52. The number of fused-ring (bicyclic) bond motifs is 1. The fourth-order valence-corrected chi connectivity index (χ4v) is 4.29. The van der Waals surface area contributed by atoms with E-state index in [0.29, 0.717) is 17.4 Å². The second kappa shape index (κ2) is 7.73. The number of nitrogens with zero attached hydrogens (tertiary/aromatic N) is 3. The summed E-state index contributed by atoms with van der Waals surface area (Å²) >= 11 is 0. The third-order valence-electron chi connectivity index (χ3n) is 5.86. The molecule has 0 saturated heterocycles. The van der Waals surface area contributed by atoms with E-state index >= 15 is 0 Å². The minimum atomic E-state index is -0.364. The van der Waals surface area contributed by atoms with E-state index in [1.165, 1.54) is 20.0 Å². The van der Waals surface area contributed by atoms with Crippen molar-refractivity contribution in [2.75, 3.05) is 29.3 Å². The van der Waals surface area contributed by atoms with Gasteiger partial charge in [0.25, 0.3) is 0 Å². The predicted molar refractivity (Wildman–Crippen MR) is 113 cm³/mol. The summed E-state index contributed by atoms with van der Waals surface area (Å²) in [6.45, 7) is 1.97. The molecule has 0 bridgehead atoms. The van der Waals surface area contributed by atoms with Gasteiger partial charge in [0, 0.05) is 18.8 Å². The van der Waals surface area contributed by atoms with E-state index in [9.17, 15) is 9.59 Å². The summed E-state index contributed by atoms with van der Waals surface area (Å²) in [4.78, 5) is 33.1. The molecular weight excluding hydrogens is 368 g/mol. The number of aromatic nitrogens is 1. The predicted octanol–water partition coefficient (Wildman–Crippen LogP) is 3.73. The maximum absolute atomic E-state index is 12.7. The summed E-state index contributed by atoms with van der Waals surface area (Å²) in [5.41, 5.74) is 2.16. The SMILES string of the molecule is COC(=O)c1ccc(Nc2ccc3c(n2)N(C2CCCC2)[C@H](C)C(=O)N3C)cc1. The van der Waals surface area contributed by atoms with Gasteiger partial charge in [-0.3, -0.25) is 4.79 Å². The first-order chi connectivity index (χ1) is 14.0. The largest absolute Gasteiger partial charge is 0.465 e. The highest BCUT2D eigenvalue weighted by molar-refractivity contribution is 6.04. The standard InChI is InChI=1S/C22H26N4O3/c1-14-21(27)25(2)18-12-13-19(24-20(18)26(14)17-6-4-5-7-17)23-16-10-8-15(9-11-16)22(28)29-3/h8-14,17H,4-7H2,1-3H3,(H,23,24)/t14-/m1/s1. The molecule has 1 aliphatic heterocycles. The zero-order valence-corrected chi connectivity index (χ0v) is 17.0. The fraction of sp³-hybridized carbons (Fsp3) is 0.409. The van der Waals surface area contributed by atoms with E-state index in [1.807, 2.05) is 38.2 Å². The molecule has 1 N–H and O–H groups in total. The number of hydrogen-bond acceptors (Lipinski definition) is 6. The Bertz CT molecular complexity index is 922. The molecule has 1 aromatic heterocycles. The van der Waals surface area contributed by atoms with Crippen LogP contribution in [0.5, 0.6) is 0 Å². The Kier molecular flexibility index (Phi) is 5.13. The van der Waals surface area contributed by atoms with Gasteiger partial charge in [-0.2, -0.15) is 0 Å². The number of hydrogen-bond donors (Lipinski definition) is 1. The van der Waals surface area contributed by atoms with Gasteiger partial charge in [0.2, 0.25) is 5.91 Å². The van der Waals surface area contributed by atoms with Crippen molar-refractivity contribution in [3.8, 4) is 0 Å². The topological polar surface area (TPSA) is 74.8 Å². The maximum atomic E-state index is 12.7. The average Bonchev–Trinajstić information content (AvgIpc) is 3.26. The second-order valence-electron chi connectivity index (χ2n) is 7.65. The summed E-state index contributed by atoms with van der Waals surface area (Å²) in [7, 11) is 3.17. The summed E-state index contributed by atoms with van der Waals surface area (Å²) in [5, 5.41) is 3.30. The number of ether oxygens (including phenoxy) is 1. The van der Waals surface area contributed by atoms with E-state index < -0.39 is 0 Å². The van der Waals surface area contributed by atoms with Gasteiger partial charge in [-0.05, 0) is 56.2 Å². The first-order valence-electron chi connectivity index (χ1n) is 10.0. The van der Waals surface area contributed by atoms with Crippen molar-refractivity contribution in [3.63, 3.8) is 0 Å². The van der Waals surface area contributed by atoms with Crippen LogP contribution in [0, 0.1) is 0 Å². The summed E-state index contributed by atoms with van der Waals surface area (Å²) < 4.78 is 4.74. The molecule has 7 heteroatoms. The number of nitrogens with one attached hydrogen (secondary N) is 1. The van der Waals surface area contributed by atoms with Gasteiger partial charge in [0.15, 0.2) is 5.82 Å². The molecule has 1 aliphatic carbocycles. The minimum Gasteiger partial charge on any atom is -0.465 e. The fourth-order valence-electron chi connectivity index (χ4n) is 4.29. The monoisotopic (exact) mass is 394 g/mol. The molecule has 152 valence electrons. The molecule has 1 saturated carbocycles. The average molecular weight is 394 g/mol. The van der Waals surface area contributed by atoms with Crippen LogP contribution >= 0.6 is 0 Å². The Morgan fingerprint density at radius 1 is 1.14 bits per heavy atom. The highest BCUT2D eigenvalue weighted by Crippen LogP contribution is 2.39. The van der Waals surface area contributed by atoms with Gasteiger partial charge in [-0.1, -0.05) is 12.8 Å². The minimum absolute atomic E-state index is 0.102. The van der Waals surface area contributed by atoms with Crippen molar-refractivity contribution in [3.05, 3.63) is 42.0 Å². The number of methoxy groups -OCH3 is 1. The van der Waals surface area contributed by atoms with Crippen LogP contribution < -0.4 is 15.1 Å².